The maximum atomic E-state index is 5.93. The van der Waals surface area contributed by atoms with Gasteiger partial charge >= 0.3 is 0 Å². The van der Waals surface area contributed by atoms with Gasteiger partial charge in [-0.3, -0.25) is 0 Å². The van der Waals surface area contributed by atoms with E-state index in [0.717, 1.165) is 12.3 Å². The van der Waals surface area contributed by atoms with Crippen molar-refractivity contribution in [3.8, 4) is 5.75 Å². The van der Waals surface area contributed by atoms with Crippen molar-refractivity contribution >= 4 is 10.8 Å². The van der Waals surface area contributed by atoms with Crippen molar-refractivity contribution < 1.29 is 4.74 Å². The van der Waals surface area contributed by atoms with Gasteiger partial charge in [-0.1, -0.05) is 30.3 Å². The second kappa shape index (κ2) is 3.74. The smallest absolute Gasteiger partial charge is 0.126 e. The monoisotopic (exact) mass is 227 g/mol. The summed E-state index contributed by atoms with van der Waals surface area (Å²) < 4.78 is 5.42. The topological polar surface area (TPSA) is 35.2 Å². The number of methoxy groups -OCH3 is 1. The van der Waals surface area contributed by atoms with E-state index in [1.54, 1.807) is 7.11 Å². The average molecular weight is 227 g/mol. The van der Waals surface area contributed by atoms with Crippen LogP contribution in [0.1, 0.15) is 18.4 Å². The Morgan fingerprint density at radius 1 is 1.12 bits per heavy atom. The van der Waals surface area contributed by atoms with Crippen LogP contribution in [0, 0.1) is 0 Å². The Morgan fingerprint density at radius 2 is 1.82 bits per heavy atom. The average Bonchev–Trinajstić information content (AvgIpc) is 3.18. The first-order valence-electron chi connectivity index (χ1n) is 6.07. The lowest BCUT2D eigenvalue weighted by Gasteiger charge is -2.16. The summed E-state index contributed by atoms with van der Waals surface area (Å²) in [5.74, 6) is 0.942. The van der Waals surface area contributed by atoms with E-state index in [9.17, 15) is 0 Å². The Labute approximate surface area is 101 Å². The molecule has 2 aromatic carbocycles. The maximum Gasteiger partial charge on any atom is 0.126 e. The van der Waals surface area contributed by atoms with Crippen LogP contribution in [0.4, 0.5) is 0 Å². The van der Waals surface area contributed by atoms with Crippen LogP contribution in [0.3, 0.4) is 0 Å². The third-order valence-corrected chi connectivity index (χ3v) is 3.92. The van der Waals surface area contributed by atoms with E-state index in [2.05, 4.69) is 30.3 Å². The lowest BCUT2D eigenvalue weighted by atomic mass is 9.91. The third-order valence-electron chi connectivity index (χ3n) is 3.92. The Hall–Kier alpha value is -1.54. The van der Waals surface area contributed by atoms with Crippen molar-refractivity contribution in [2.75, 3.05) is 13.7 Å². The predicted molar refractivity (Wildman–Crippen MR) is 70.5 cm³/mol. The molecule has 88 valence electrons. The number of hydrogen-bond acceptors (Lipinski definition) is 2. The molecular weight excluding hydrogens is 210 g/mol. The van der Waals surface area contributed by atoms with Gasteiger partial charge < -0.3 is 10.5 Å². The first-order valence-corrected chi connectivity index (χ1v) is 6.07. The molecule has 1 fully saturated rings. The number of ether oxygens (including phenoxy) is 1. The van der Waals surface area contributed by atoms with Crippen LogP contribution in [0.15, 0.2) is 36.4 Å². The number of benzene rings is 2. The van der Waals surface area contributed by atoms with E-state index in [1.807, 2.05) is 6.07 Å². The molecule has 0 aromatic heterocycles. The lowest BCUT2D eigenvalue weighted by Crippen LogP contribution is -2.19. The first-order chi connectivity index (χ1) is 8.30. The molecule has 1 saturated carbocycles. The fourth-order valence-corrected chi connectivity index (χ4v) is 2.66. The molecule has 2 N–H and O–H groups in total. The van der Waals surface area contributed by atoms with Gasteiger partial charge in [0, 0.05) is 17.3 Å². The largest absolute Gasteiger partial charge is 0.496 e. The molecular formula is C15H17NO. The molecule has 0 radical (unpaired) electrons. The Morgan fingerprint density at radius 3 is 2.47 bits per heavy atom. The van der Waals surface area contributed by atoms with Crippen LogP contribution < -0.4 is 10.5 Å². The molecule has 1 aliphatic rings. The molecule has 0 atom stereocenters. The van der Waals surface area contributed by atoms with Gasteiger partial charge in [0.05, 0.1) is 7.11 Å². The highest BCUT2D eigenvalue weighted by Gasteiger charge is 2.43. The second-order valence-corrected chi connectivity index (χ2v) is 4.85. The molecule has 17 heavy (non-hydrogen) atoms. The number of rotatable bonds is 3. The summed E-state index contributed by atoms with van der Waals surface area (Å²) in [6.45, 7) is 0.739. The van der Waals surface area contributed by atoms with Gasteiger partial charge in [-0.15, -0.1) is 0 Å². The van der Waals surface area contributed by atoms with Crippen LogP contribution in [0.5, 0.6) is 5.75 Å². The van der Waals surface area contributed by atoms with E-state index >= 15 is 0 Å². The summed E-state index contributed by atoms with van der Waals surface area (Å²) in [5, 5.41) is 2.47. The van der Waals surface area contributed by atoms with E-state index in [4.69, 9.17) is 10.5 Å². The first kappa shape index (κ1) is 10.6. The second-order valence-electron chi connectivity index (χ2n) is 4.85. The van der Waals surface area contributed by atoms with Crippen molar-refractivity contribution in [2.24, 2.45) is 5.73 Å². The van der Waals surface area contributed by atoms with Crippen molar-refractivity contribution in [1.82, 2.24) is 0 Å². The summed E-state index contributed by atoms with van der Waals surface area (Å²) in [7, 11) is 1.72. The zero-order valence-corrected chi connectivity index (χ0v) is 10.1. The molecule has 0 saturated heterocycles. The summed E-state index contributed by atoms with van der Waals surface area (Å²) >= 11 is 0. The maximum absolute atomic E-state index is 5.93. The van der Waals surface area contributed by atoms with Gasteiger partial charge in [-0.05, 0) is 29.9 Å². The SMILES string of the molecule is COc1cccc2c(C3(CN)CC3)cccc12. The van der Waals surface area contributed by atoms with Crippen LogP contribution in [-0.2, 0) is 5.41 Å². The van der Waals surface area contributed by atoms with Crippen LogP contribution in [-0.4, -0.2) is 13.7 Å². The van der Waals surface area contributed by atoms with Crippen LogP contribution in [0.2, 0.25) is 0 Å². The Bertz CT molecular complexity index is 558. The molecule has 0 amide bonds. The molecule has 0 aliphatic heterocycles. The molecule has 2 nitrogen and oxygen atoms in total. The normalized spacial score (nSPS) is 17.1. The van der Waals surface area contributed by atoms with E-state index in [-0.39, 0.29) is 5.41 Å². The minimum atomic E-state index is 0.228. The van der Waals surface area contributed by atoms with Crippen molar-refractivity contribution in [1.29, 1.82) is 0 Å². The van der Waals surface area contributed by atoms with E-state index < -0.39 is 0 Å². The van der Waals surface area contributed by atoms with Gasteiger partial charge in [-0.2, -0.15) is 0 Å². The molecule has 2 aromatic rings. The molecule has 0 bridgehead atoms. The van der Waals surface area contributed by atoms with Crippen molar-refractivity contribution in [3.63, 3.8) is 0 Å². The van der Waals surface area contributed by atoms with Crippen molar-refractivity contribution in [2.45, 2.75) is 18.3 Å². The Kier molecular flexibility index (Phi) is 2.33. The number of hydrogen-bond donors (Lipinski definition) is 1. The quantitative estimate of drug-likeness (QED) is 0.875. The summed E-state index contributed by atoms with van der Waals surface area (Å²) in [4.78, 5) is 0. The van der Waals surface area contributed by atoms with E-state index in [1.165, 1.54) is 29.2 Å². The predicted octanol–water partition coefficient (Wildman–Crippen LogP) is 2.84. The number of fused-ring (bicyclic) bond motifs is 1. The molecule has 0 spiro atoms. The summed E-state index contributed by atoms with van der Waals surface area (Å²) in [6, 6.07) is 12.7. The number of nitrogens with two attached hydrogens (primary N) is 1. The van der Waals surface area contributed by atoms with Gasteiger partial charge in [-0.25, -0.2) is 0 Å². The van der Waals surface area contributed by atoms with Gasteiger partial charge in [0.25, 0.3) is 0 Å². The fraction of sp³-hybridized carbons (Fsp3) is 0.333. The zero-order valence-electron chi connectivity index (χ0n) is 10.1. The van der Waals surface area contributed by atoms with Crippen LogP contribution in [0.25, 0.3) is 10.8 Å². The fourth-order valence-electron chi connectivity index (χ4n) is 2.66. The van der Waals surface area contributed by atoms with Gasteiger partial charge in [0.1, 0.15) is 5.75 Å². The van der Waals surface area contributed by atoms with Crippen LogP contribution >= 0.6 is 0 Å². The zero-order chi connectivity index (χ0) is 11.9. The highest BCUT2D eigenvalue weighted by molar-refractivity contribution is 5.92. The molecule has 0 heterocycles. The molecule has 3 rings (SSSR count). The minimum Gasteiger partial charge on any atom is -0.496 e. The Balaban J connectivity index is 2.27. The lowest BCUT2D eigenvalue weighted by molar-refractivity contribution is 0.420. The van der Waals surface area contributed by atoms with Gasteiger partial charge in [0.2, 0.25) is 0 Å². The van der Waals surface area contributed by atoms with Crippen molar-refractivity contribution in [3.05, 3.63) is 42.0 Å². The molecule has 0 unspecified atom stereocenters. The molecule has 1 aliphatic carbocycles. The summed E-state index contributed by atoms with van der Waals surface area (Å²) in [5.41, 5.74) is 7.54. The van der Waals surface area contributed by atoms with Gasteiger partial charge in [0.15, 0.2) is 0 Å². The molecule has 2 heteroatoms. The summed E-state index contributed by atoms with van der Waals surface area (Å²) in [6.07, 6.45) is 2.42. The van der Waals surface area contributed by atoms with E-state index in [0.29, 0.717) is 0 Å². The highest BCUT2D eigenvalue weighted by atomic mass is 16.5. The standard InChI is InChI=1S/C15H17NO/c1-17-14-7-3-4-11-12(14)5-2-6-13(11)15(10-16)8-9-15/h2-7H,8-10,16H2,1H3. The minimum absolute atomic E-state index is 0.228. The highest BCUT2D eigenvalue weighted by Crippen LogP contribution is 2.49. The third kappa shape index (κ3) is 1.52.